The molecule has 0 aliphatic rings. The lowest BCUT2D eigenvalue weighted by Gasteiger charge is -2.23. The summed E-state index contributed by atoms with van der Waals surface area (Å²) in [6.45, 7) is 3.45. The zero-order valence-corrected chi connectivity index (χ0v) is 10.6. The van der Waals surface area contributed by atoms with Crippen molar-refractivity contribution in [1.82, 2.24) is 4.98 Å². The van der Waals surface area contributed by atoms with Crippen LogP contribution in [0.4, 0.5) is 5.82 Å². The van der Waals surface area contributed by atoms with E-state index in [1.165, 1.54) is 5.56 Å². The molecule has 0 radical (unpaired) electrons. The molecule has 1 N–H and O–H groups in total. The van der Waals surface area contributed by atoms with Gasteiger partial charge in [0.25, 0.3) is 0 Å². The molecule has 18 heavy (non-hydrogen) atoms. The fraction of sp³-hybridized carbons (Fsp3) is 0.267. The van der Waals surface area contributed by atoms with Crippen LogP contribution in [0.3, 0.4) is 0 Å². The van der Waals surface area contributed by atoms with Crippen molar-refractivity contribution in [2.45, 2.75) is 13.5 Å². The molecule has 0 spiro atoms. The van der Waals surface area contributed by atoms with Crippen molar-refractivity contribution in [2.24, 2.45) is 0 Å². The normalized spacial score (nSPS) is 10.3. The minimum atomic E-state index is 0.127. The largest absolute Gasteiger partial charge is 0.395 e. The van der Waals surface area contributed by atoms with Gasteiger partial charge in [0.05, 0.1) is 6.61 Å². The highest BCUT2D eigenvalue weighted by molar-refractivity contribution is 5.40. The minimum Gasteiger partial charge on any atom is -0.395 e. The van der Waals surface area contributed by atoms with Crippen LogP contribution >= 0.6 is 0 Å². The van der Waals surface area contributed by atoms with Crippen LogP contribution < -0.4 is 4.90 Å². The fourth-order valence-corrected chi connectivity index (χ4v) is 1.90. The number of anilines is 1. The Hall–Kier alpha value is -1.87. The average Bonchev–Trinajstić information content (AvgIpc) is 2.39. The Morgan fingerprint density at radius 2 is 1.83 bits per heavy atom. The molecule has 0 amide bonds. The summed E-state index contributed by atoms with van der Waals surface area (Å²) < 4.78 is 0. The van der Waals surface area contributed by atoms with Crippen molar-refractivity contribution in [1.29, 1.82) is 0 Å². The van der Waals surface area contributed by atoms with E-state index in [1.54, 1.807) is 0 Å². The van der Waals surface area contributed by atoms with E-state index in [0.29, 0.717) is 6.54 Å². The molecular formula is C15H18N2O. The first-order valence-corrected chi connectivity index (χ1v) is 6.13. The lowest BCUT2D eigenvalue weighted by atomic mass is 10.2. The van der Waals surface area contributed by atoms with Crippen molar-refractivity contribution in [3.05, 3.63) is 59.8 Å². The highest BCUT2D eigenvalue weighted by Gasteiger charge is 2.07. The maximum absolute atomic E-state index is 9.18. The van der Waals surface area contributed by atoms with Gasteiger partial charge in [0, 0.05) is 18.8 Å². The number of pyridine rings is 1. The molecule has 0 aliphatic carbocycles. The van der Waals surface area contributed by atoms with Crippen LogP contribution in [0.25, 0.3) is 0 Å². The van der Waals surface area contributed by atoms with Crippen molar-refractivity contribution in [3.8, 4) is 0 Å². The molecule has 1 aromatic carbocycles. The Bertz CT molecular complexity index is 485. The van der Waals surface area contributed by atoms with Gasteiger partial charge in [0.1, 0.15) is 5.82 Å². The van der Waals surface area contributed by atoms with Crippen LogP contribution in [0.1, 0.15) is 11.3 Å². The Morgan fingerprint density at radius 1 is 1.06 bits per heavy atom. The second-order valence-electron chi connectivity index (χ2n) is 4.27. The summed E-state index contributed by atoms with van der Waals surface area (Å²) in [5.74, 6) is 0.910. The summed E-state index contributed by atoms with van der Waals surface area (Å²) in [5.41, 5.74) is 2.21. The molecule has 2 rings (SSSR count). The number of rotatable bonds is 5. The molecule has 94 valence electrons. The van der Waals surface area contributed by atoms with Crippen molar-refractivity contribution in [2.75, 3.05) is 18.1 Å². The maximum atomic E-state index is 9.18. The third kappa shape index (κ3) is 3.31. The van der Waals surface area contributed by atoms with Gasteiger partial charge in [0.15, 0.2) is 0 Å². The fourth-order valence-electron chi connectivity index (χ4n) is 1.90. The lowest BCUT2D eigenvalue weighted by Crippen LogP contribution is -2.27. The molecule has 1 aromatic heterocycles. The van der Waals surface area contributed by atoms with Crippen LogP contribution in [-0.4, -0.2) is 23.2 Å². The van der Waals surface area contributed by atoms with Crippen LogP contribution in [0.15, 0.2) is 48.5 Å². The first-order valence-electron chi connectivity index (χ1n) is 6.13. The van der Waals surface area contributed by atoms with E-state index in [1.807, 2.05) is 43.3 Å². The molecule has 3 heteroatoms. The van der Waals surface area contributed by atoms with Gasteiger partial charge in [-0.2, -0.15) is 0 Å². The minimum absolute atomic E-state index is 0.127. The summed E-state index contributed by atoms with van der Waals surface area (Å²) in [4.78, 5) is 6.59. The van der Waals surface area contributed by atoms with Crippen molar-refractivity contribution < 1.29 is 5.11 Å². The summed E-state index contributed by atoms with van der Waals surface area (Å²) in [6, 6.07) is 16.2. The van der Waals surface area contributed by atoms with Gasteiger partial charge in [-0.05, 0) is 24.6 Å². The van der Waals surface area contributed by atoms with E-state index in [0.717, 1.165) is 18.1 Å². The third-order valence-electron chi connectivity index (χ3n) is 2.78. The number of aliphatic hydroxyl groups excluding tert-OH is 1. The number of aliphatic hydroxyl groups is 1. The quantitative estimate of drug-likeness (QED) is 0.874. The highest BCUT2D eigenvalue weighted by Crippen LogP contribution is 2.14. The number of nitrogens with zero attached hydrogens (tertiary/aromatic N) is 2. The molecule has 0 saturated carbocycles. The number of aryl methyl sites for hydroxylation is 1. The number of aromatic nitrogens is 1. The zero-order valence-electron chi connectivity index (χ0n) is 10.6. The van der Waals surface area contributed by atoms with E-state index in [9.17, 15) is 5.11 Å². The summed E-state index contributed by atoms with van der Waals surface area (Å²) in [7, 11) is 0. The molecule has 0 fully saturated rings. The Balaban J connectivity index is 2.18. The Kier molecular flexibility index (Phi) is 4.31. The summed E-state index contributed by atoms with van der Waals surface area (Å²) >= 11 is 0. The van der Waals surface area contributed by atoms with E-state index >= 15 is 0 Å². The lowest BCUT2D eigenvalue weighted by molar-refractivity contribution is 0.301. The van der Waals surface area contributed by atoms with Gasteiger partial charge in [-0.25, -0.2) is 4.98 Å². The predicted octanol–water partition coefficient (Wildman–Crippen LogP) is 2.39. The summed E-state index contributed by atoms with van der Waals surface area (Å²) in [6.07, 6.45) is 0. The maximum Gasteiger partial charge on any atom is 0.129 e. The second-order valence-corrected chi connectivity index (χ2v) is 4.27. The molecule has 0 saturated heterocycles. The third-order valence-corrected chi connectivity index (χ3v) is 2.78. The van der Waals surface area contributed by atoms with Gasteiger partial charge in [-0.1, -0.05) is 36.4 Å². The van der Waals surface area contributed by atoms with Gasteiger partial charge in [-0.3, -0.25) is 0 Å². The number of benzene rings is 1. The molecule has 2 aromatic rings. The molecule has 0 bridgehead atoms. The molecule has 0 unspecified atom stereocenters. The average molecular weight is 242 g/mol. The first kappa shape index (κ1) is 12.6. The van der Waals surface area contributed by atoms with Crippen LogP contribution in [0, 0.1) is 6.92 Å². The van der Waals surface area contributed by atoms with Gasteiger partial charge < -0.3 is 10.0 Å². The summed E-state index contributed by atoms with van der Waals surface area (Å²) in [5, 5.41) is 9.18. The molecule has 1 heterocycles. The highest BCUT2D eigenvalue weighted by atomic mass is 16.3. The predicted molar refractivity (Wildman–Crippen MR) is 73.6 cm³/mol. The van der Waals surface area contributed by atoms with E-state index < -0.39 is 0 Å². The van der Waals surface area contributed by atoms with Gasteiger partial charge >= 0.3 is 0 Å². The Morgan fingerprint density at radius 3 is 2.50 bits per heavy atom. The van der Waals surface area contributed by atoms with Crippen molar-refractivity contribution >= 4 is 5.82 Å². The van der Waals surface area contributed by atoms with E-state index in [2.05, 4.69) is 22.0 Å². The van der Waals surface area contributed by atoms with E-state index in [-0.39, 0.29) is 6.61 Å². The Labute approximate surface area is 108 Å². The molecule has 0 atom stereocenters. The van der Waals surface area contributed by atoms with Crippen LogP contribution in [-0.2, 0) is 6.54 Å². The molecular weight excluding hydrogens is 224 g/mol. The van der Waals surface area contributed by atoms with Gasteiger partial charge in [0.2, 0.25) is 0 Å². The van der Waals surface area contributed by atoms with Crippen LogP contribution in [0.5, 0.6) is 0 Å². The molecule has 0 aliphatic heterocycles. The standard InChI is InChI=1S/C15H18N2O/c1-13-6-5-9-15(16-13)17(10-11-18)12-14-7-3-2-4-8-14/h2-9,18H,10-12H2,1H3. The SMILES string of the molecule is Cc1cccc(N(CCO)Cc2ccccc2)n1. The van der Waals surface area contributed by atoms with E-state index in [4.69, 9.17) is 0 Å². The first-order chi connectivity index (χ1) is 8.79. The van der Waals surface area contributed by atoms with Gasteiger partial charge in [-0.15, -0.1) is 0 Å². The number of hydrogen-bond donors (Lipinski definition) is 1. The van der Waals surface area contributed by atoms with Crippen molar-refractivity contribution in [3.63, 3.8) is 0 Å². The smallest absolute Gasteiger partial charge is 0.129 e. The zero-order chi connectivity index (χ0) is 12.8. The second kappa shape index (κ2) is 6.17. The van der Waals surface area contributed by atoms with Crippen LogP contribution in [0.2, 0.25) is 0 Å². The number of hydrogen-bond acceptors (Lipinski definition) is 3. The topological polar surface area (TPSA) is 36.4 Å². The monoisotopic (exact) mass is 242 g/mol. The molecule has 3 nitrogen and oxygen atoms in total.